The molecule has 0 radical (unpaired) electrons. The van der Waals surface area contributed by atoms with Crippen LogP contribution >= 0.6 is 11.6 Å². The van der Waals surface area contributed by atoms with Gasteiger partial charge in [-0.15, -0.1) is 0 Å². The van der Waals surface area contributed by atoms with E-state index in [-0.39, 0.29) is 5.02 Å². The summed E-state index contributed by atoms with van der Waals surface area (Å²) in [6.45, 7) is 0. The molecule has 0 aromatic heterocycles. The smallest absolute Gasteiger partial charge is 0.418 e. The predicted octanol–water partition coefficient (Wildman–Crippen LogP) is 2.82. The van der Waals surface area contributed by atoms with E-state index in [1.807, 2.05) is 5.43 Å². The number of nitrogens with zero attached hydrogens (tertiary/aromatic N) is 2. The molecule has 1 aromatic rings. The van der Waals surface area contributed by atoms with Gasteiger partial charge in [0.1, 0.15) is 6.07 Å². The monoisotopic (exact) mass is 305 g/mol. The van der Waals surface area contributed by atoms with Crippen LogP contribution in [0.3, 0.4) is 0 Å². The quantitative estimate of drug-likeness (QED) is 0.529. The molecule has 0 aliphatic heterocycles. The van der Waals surface area contributed by atoms with E-state index in [1.165, 1.54) is 12.1 Å². The maximum absolute atomic E-state index is 12.8. The number of hydrogen-bond acceptors (Lipinski definition) is 5. The molecule has 0 fully saturated rings. The van der Waals surface area contributed by atoms with Gasteiger partial charge in [0.15, 0.2) is 0 Å². The molecule has 0 aliphatic carbocycles. The van der Waals surface area contributed by atoms with Crippen LogP contribution in [0, 0.1) is 11.3 Å². The molecule has 0 atom stereocenters. The van der Waals surface area contributed by atoms with Crippen molar-refractivity contribution in [2.45, 2.75) is 6.18 Å². The molecule has 20 heavy (non-hydrogen) atoms. The summed E-state index contributed by atoms with van der Waals surface area (Å²) in [4.78, 5) is 11.0. The lowest BCUT2D eigenvalue weighted by Gasteiger charge is -2.12. The molecule has 1 rings (SSSR count). The van der Waals surface area contributed by atoms with Crippen molar-refractivity contribution in [2.75, 3.05) is 12.5 Å². The van der Waals surface area contributed by atoms with Crippen molar-refractivity contribution in [2.24, 2.45) is 5.10 Å². The van der Waals surface area contributed by atoms with Crippen molar-refractivity contribution >= 4 is 29.0 Å². The first-order valence-corrected chi connectivity index (χ1v) is 5.36. The number of benzene rings is 1. The summed E-state index contributed by atoms with van der Waals surface area (Å²) >= 11 is 5.50. The number of carbonyl (C=O) groups is 1. The van der Waals surface area contributed by atoms with Crippen LogP contribution in [-0.2, 0) is 15.7 Å². The normalized spacial score (nSPS) is 11.7. The van der Waals surface area contributed by atoms with E-state index in [0.717, 1.165) is 13.2 Å². The number of hydrogen-bond donors (Lipinski definition) is 1. The highest BCUT2D eigenvalue weighted by atomic mass is 35.5. The lowest BCUT2D eigenvalue weighted by atomic mass is 10.2. The van der Waals surface area contributed by atoms with Gasteiger partial charge in [0.05, 0.1) is 18.4 Å². The number of esters is 1. The summed E-state index contributed by atoms with van der Waals surface area (Å²) in [7, 11) is 1.01. The molecule has 5 nitrogen and oxygen atoms in total. The van der Waals surface area contributed by atoms with Crippen molar-refractivity contribution in [1.29, 1.82) is 5.26 Å². The number of nitriles is 1. The lowest BCUT2D eigenvalue weighted by Crippen LogP contribution is -2.16. The molecule has 1 N–H and O–H groups in total. The summed E-state index contributed by atoms with van der Waals surface area (Å²) in [5.41, 5.74) is -0.232. The van der Waals surface area contributed by atoms with Crippen molar-refractivity contribution in [3.05, 3.63) is 28.8 Å². The molecule has 0 saturated heterocycles. The number of ether oxygens (including phenoxy) is 1. The third kappa shape index (κ3) is 3.86. The van der Waals surface area contributed by atoms with Crippen LogP contribution in [0.2, 0.25) is 5.02 Å². The Morgan fingerprint density at radius 2 is 2.15 bits per heavy atom. The number of hydrazone groups is 1. The Hall–Kier alpha value is -2.27. The molecular formula is C11H7ClF3N3O2. The molecule has 0 unspecified atom stereocenters. The highest BCUT2D eigenvalue weighted by Crippen LogP contribution is 2.36. The van der Waals surface area contributed by atoms with Crippen LogP contribution in [0.1, 0.15) is 5.56 Å². The van der Waals surface area contributed by atoms with Crippen molar-refractivity contribution < 1.29 is 22.7 Å². The van der Waals surface area contributed by atoms with Gasteiger partial charge in [-0.3, -0.25) is 5.43 Å². The predicted molar refractivity (Wildman–Crippen MR) is 65.1 cm³/mol. The van der Waals surface area contributed by atoms with Crippen LogP contribution in [0.4, 0.5) is 18.9 Å². The first kappa shape index (κ1) is 15.8. The Morgan fingerprint density at radius 1 is 1.50 bits per heavy atom. The highest BCUT2D eigenvalue weighted by molar-refractivity contribution is 6.43. The third-order valence-electron chi connectivity index (χ3n) is 2.06. The van der Waals surface area contributed by atoms with Crippen molar-refractivity contribution in [3.8, 4) is 6.07 Å². The SMILES string of the molecule is COC(=O)C(C#N)=NNc1ccc(Cl)cc1C(F)(F)F. The molecule has 0 heterocycles. The average Bonchev–Trinajstić information content (AvgIpc) is 2.39. The summed E-state index contributed by atoms with van der Waals surface area (Å²) in [6, 6.07) is 4.33. The second-order valence-corrected chi connectivity index (χ2v) is 3.80. The Morgan fingerprint density at radius 3 is 2.65 bits per heavy atom. The van der Waals surface area contributed by atoms with Crippen LogP contribution in [0.25, 0.3) is 0 Å². The summed E-state index contributed by atoms with van der Waals surface area (Å²) < 4.78 is 42.5. The Kier molecular flexibility index (Phi) is 4.94. The Balaban J connectivity index is 3.14. The second kappa shape index (κ2) is 6.25. The number of methoxy groups -OCH3 is 1. The molecule has 1 aromatic carbocycles. The van der Waals surface area contributed by atoms with Crippen molar-refractivity contribution in [3.63, 3.8) is 0 Å². The van der Waals surface area contributed by atoms with Gasteiger partial charge in [-0.05, 0) is 18.2 Å². The topological polar surface area (TPSA) is 74.5 Å². The summed E-state index contributed by atoms with van der Waals surface area (Å²) in [6.07, 6.45) is -4.67. The van der Waals surface area contributed by atoms with E-state index >= 15 is 0 Å². The van der Waals surface area contributed by atoms with E-state index in [0.29, 0.717) is 6.07 Å². The third-order valence-corrected chi connectivity index (χ3v) is 2.29. The van der Waals surface area contributed by atoms with Crippen LogP contribution in [0.5, 0.6) is 0 Å². The van der Waals surface area contributed by atoms with E-state index in [2.05, 4.69) is 9.84 Å². The average molecular weight is 306 g/mol. The molecule has 0 bridgehead atoms. The van der Waals surface area contributed by atoms with Gasteiger partial charge in [0.2, 0.25) is 5.71 Å². The van der Waals surface area contributed by atoms with Gasteiger partial charge in [-0.1, -0.05) is 11.6 Å². The molecular weight excluding hydrogens is 299 g/mol. The summed E-state index contributed by atoms with van der Waals surface area (Å²) in [5.74, 6) is -1.07. The number of nitrogens with one attached hydrogen (secondary N) is 1. The number of carbonyl (C=O) groups excluding carboxylic acids is 1. The van der Waals surface area contributed by atoms with Gasteiger partial charge >= 0.3 is 12.1 Å². The molecule has 0 aliphatic rings. The van der Waals surface area contributed by atoms with Crippen LogP contribution in [0.15, 0.2) is 23.3 Å². The fourth-order valence-corrected chi connectivity index (χ4v) is 1.35. The van der Waals surface area contributed by atoms with E-state index < -0.39 is 29.1 Å². The van der Waals surface area contributed by atoms with E-state index in [1.54, 1.807) is 0 Å². The van der Waals surface area contributed by atoms with Gasteiger partial charge in [0, 0.05) is 5.02 Å². The fourth-order valence-electron chi connectivity index (χ4n) is 1.18. The lowest BCUT2D eigenvalue weighted by molar-refractivity contribution is -0.137. The number of alkyl halides is 3. The molecule has 106 valence electrons. The van der Waals surface area contributed by atoms with Crippen LogP contribution < -0.4 is 5.43 Å². The number of halogens is 4. The van der Waals surface area contributed by atoms with E-state index in [4.69, 9.17) is 16.9 Å². The largest absolute Gasteiger partial charge is 0.464 e. The molecule has 9 heteroatoms. The first-order chi connectivity index (χ1) is 9.29. The molecule has 0 saturated carbocycles. The maximum Gasteiger partial charge on any atom is 0.418 e. The minimum absolute atomic E-state index is 0.111. The molecule has 0 amide bonds. The first-order valence-electron chi connectivity index (χ1n) is 4.98. The van der Waals surface area contributed by atoms with E-state index in [9.17, 15) is 18.0 Å². The minimum Gasteiger partial charge on any atom is -0.464 e. The maximum atomic E-state index is 12.8. The standard InChI is InChI=1S/C11H7ClF3N3O2/c1-20-10(19)9(5-16)18-17-8-3-2-6(12)4-7(8)11(13,14)15/h2-4,17H,1H3. The number of anilines is 1. The zero-order valence-corrected chi connectivity index (χ0v) is 10.7. The zero-order chi connectivity index (χ0) is 15.3. The second-order valence-electron chi connectivity index (χ2n) is 3.36. The van der Waals surface area contributed by atoms with Crippen molar-refractivity contribution in [1.82, 2.24) is 0 Å². The summed E-state index contributed by atoms with van der Waals surface area (Å²) in [5, 5.41) is 11.8. The molecule has 0 spiro atoms. The minimum atomic E-state index is -4.67. The number of rotatable bonds is 3. The van der Waals surface area contributed by atoms with Crippen LogP contribution in [-0.4, -0.2) is 18.8 Å². The van der Waals surface area contributed by atoms with Gasteiger partial charge in [-0.25, -0.2) is 4.79 Å². The van der Waals surface area contributed by atoms with Gasteiger partial charge < -0.3 is 4.74 Å². The van der Waals surface area contributed by atoms with Gasteiger partial charge in [0.25, 0.3) is 0 Å². The zero-order valence-electron chi connectivity index (χ0n) is 9.95. The Bertz CT molecular complexity index is 594. The highest BCUT2D eigenvalue weighted by Gasteiger charge is 2.33. The fraction of sp³-hybridized carbons (Fsp3) is 0.182. The van der Waals surface area contributed by atoms with Gasteiger partial charge in [-0.2, -0.15) is 23.5 Å². The Labute approximate surface area is 116 Å².